The van der Waals surface area contributed by atoms with Crippen LogP contribution >= 0.6 is 24.0 Å². The summed E-state index contributed by atoms with van der Waals surface area (Å²) < 4.78 is 0. The van der Waals surface area contributed by atoms with E-state index in [1.807, 2.05) is 0 Å². The Bertz CT molecular complexity index is 602. The van der Waals surface area contributed by atoms with Crippen LogP contribution in [0.5, 0.6) is 0 Å². The zero-order valence-electron chi connectivity index (χ0n) is 14.6. The van der Waals surface area contributed by atoms with Crippen LogP contribution in [0.15, 0.2) is 29.3 Å². The van der Waals surface area contributed by atoms with Crippen LogP contribution in [0.3, 0.4) is 0 Å². The first-order valence-electron chi connectivity index (χ1n) is 8.92. The third-order valence-corrected chi connectivity index (χ3v) is 4.92. The number of guanidine groups is 1. The maximum atomic E-state index is 10.7. The van der Waals surface area contributed by atoms with E-state index < -0.39 is 0 Å². The number of non-ortho nitro benzene ring substituents is 1. The largest absolute Gasteiger partial charge is 0.354 e. The summed E-state index contributed by atoms with van der Waals surface area (Å²) >= 11 is 0. The van der Waals surface area contributed by atoms with Crippen molar-refractivity contribution in [1.82, 2.24) is 10.6 Å². The number of rotatable bonds is 5. The lowest BCUT2D eigenvalue weighted by Crippen LogP contribution is -2.47. The third kappa shape index (κ3) is 6.13. The number of nitro groups is 1. The van der Waals surface area contributed by atoms with Crippen LogP contribution in [-0.2, 0) is 6.54 Å². The quantitative estimate of drug-likeness (QED) is 0.230. The zero-order chi connectivity index (χ0) is 16.9. The number of nitro benzene ring substituents is 1. The van der Waals surface area contributed by atoms with Gasteiger partial charge in [-0.3, -0.25) is 10.1 Å². The standard InChI is InChI=1S/C18H26N4O2.HI/c1-13-4-2-3-5-17(13)21-18(20-15-8-9-15)19-12-14-6-10-16(11-7-14)22(23)24;/h6-7,10-11,13,15,17H,2-5,8-9,12H2,1H3,(H2,19,20,21);1H. The Morgan fingerprint density at radius 3 is 2.44 bits per heavy atom. The molecule has 2 aliphatic rings. The topological polar surface area (TPSA) is 79.6 Å². The van der Waals surface area contributed by atoms with Crippen molar-refractivity contribution in [2.45, 2.75) is 64.1 Å². The Morgan fingerprint density at radius 2 is 1.84 bits per heavy atom. The van der Waals surface area contributed by atoms with Crippen molar-refractivity contribution < 1.29 is 4.92 Å². The molecule has 0 saturated heterocycles. The van der Waals surface area contributed by atoms with Crippen LogP contribution in [0.4, 0.5) is 5.69 Å². The van der Waals surface area contributed by atoms with Gasteiger partial charge in [-0.2, -0.15) is 0 Å². The molecule has 2 fully saturated rings. The summed E-state index contributed by atoms with van der Waals surface area (Å²) in [5.41, 5.74) is 1.10. The second kappa shape index (κ2) is 9.35. The van der Waals surface area contributed by atoms with Gasteiger partial charge in [0.1, 0.15) is 0 Å². The normalized spacial score (nSPS) is 23.5. The van der Waals surface area contributed by atoms with Gasteiger partial charge in [0.15, 0.2) is 5.96 Å². The number of nitrogens with one attached hydrogen (secondary N) is 2. The molecule has 0 heterocycles. The molecule has 0 aromatic heterocycles. The molecule has 7 heteroatoms. The van der Waals surface area contributed by atoms with Crippen molar-refractivity contribution in [2.24, 2.45) is 10.9 Å². The highest BCUT2D eigenvalue weighted by atomic mass is 127. The highest BCUT2D eigenvalue weighted by Crippen LogP contribution is 2.24. The summed E-state index contributed by atoms with van der Waals surface area (Å²) in [5, 5.41) is 17.8. The van der Waals surface area contributed by atoms with Gasteiger partial charge < -0.3 is 10.6 Å². The highest BCUT2D eigenvalue weighted by Gasteiger charge is 2.26. The fraction of sp³-hybridized carbons (Fsp3) is 0.611. The highest BCUT2D eigenvalue weighted by molar-refractivity contribution is 14.0. The van der Waals surface area contributed by atoms with E-state index in [2.05, 4.69) is 17.6 Å². The van der Waals surface area contributed by atoms with Crippen LogP contribution in [-0.4, -0.2) is 23.0 Å². The monoisotopic (exact) mass is 458 g/mol. The molecule has 0 aliphatic heterocycles. The summed E-state index contributed by atoms with van der Waals surface area (Å²) in [7, 11) is 0. The SMILES string of the molecule is CC1CCCCC1NC(=NCc1ccc([N+](=O)[O-])cc1)NC1CC1.I. The number of nitrogens with zero attached hydrogens (tertiary/aromatic N) is 2. The summed E-state index contributed by atoms with van der Waals surface area (Å²) in [4.78, 5) is 15.0. The molecule has 0 radical (unpaired) electrons. The number of hydrogen-bond donors (Lipinski definition) is 2. The maximum Gasteiger partial charge on any atom is 0.269 e. The molecule has 1 aromatic carbocycles. The maximum absolute atomic E-state index is 10.7. The van der Waals surface area contributed by atoms with Gasteiger partial charge in [0.25, 0.3) is 5.69 Å². The predicted octanol–water partition coefficient (Wildman–Crippen LogP) is 3.99. The number of benzene rings is 1. The van der Waals surface area contributed by atoms with Gasteiger partial charge in [-0.15, -0.1) is 24.0 Å². The lowest BCUT2D eigenvalue weighted by molar-refractivity contribution is -0.384. The van der Waals surface area contributed by atoms with Gasteiger partial charge in [-0.1, -0.05) is 31.9 Å². The molecule has 6 nitrogen and oxygen atoms in total. The second-order valence-electron chi connectivity index (χ2n) is 7.02. The van der Waals surface area contributed by atoms with Gasteiger partial charge in [0, 0.05) is 24.2 Å². The van der Waals surface area contributed by atoms with Crippen LogP contribution in [0.2, 0.25) is 0 Å². The first-order valence-corrected chi connectivity index (χ1v) is 8.92. The zero-order valence-corrected chi connectivity index (χ0v) is 16.9. The van der Waals surface area contributed by atoms with Gasteiger partial charge >= 0.3 is 0 Å². The van der Waals surface area contributed by atoms with Gasteiger partial charge in [0.2, 0.25) is 0 Å². The molecule has 2 saturated carbocycles. The summed E-state index contributed by atoms with van der Waals surface area (Å²) in [6.45, 7) is 2.84. The molecule has 3 rings (SSSR count). The lowest BCUT2D eigenvalue weighted by atomic mass is 9.86. The Labute approximate surface area is 166 Å². The van der Waals surface area contributed by atoms with Crippen molar-refractivity contribution in [1.29, 1.82) is 0 Å². The fourth-order valence-electron chi connectivity index (χ4n) is 3.15. The summed E-state index contributed by atoms with van der Waals surface area (Å²) in [5.74, 6) is 1.55. The van der Waals surface area contributed by atoms with E-state index in [0.717, 1.165) is 11.5 Å². The molecule has 0 amide bonds. The summed E-state index contributed by atoms with van der Waals surface area (Å²) in [6.07, 6.45) is 7.49. The van der Waals surface area contributed by atoms with E-state index in [4.69, 9.17) is 4.99 Å². The van der Waals surface area contributed by atoms with Crippen LogP contribution in [0.25, 0.3) is 0 Å². The van der Waals surface area contributed by atoms with Crippen LogP contribution < -0.4 is 10.6 Å². The predicted molar refractivity (Wildman–Crippen MR) is 110 cm³/mol. The van der Waals surface area contributed by atoms with E-state index in [1.165, 1.54) is 50.7 Å². The molecule has 2 aliphatic carbocycles. The van der Waals surface area contributed by atoms with Gasteiger partial charge in [-0.25, -0.2) is 4.99 Å². The van der Waals surface area contributed by atoms with Crippen molar-refractivity contribution >= 4 is 35.6 Å². The van der Waals surface area contributed by atoms with E-state index in [-0.39, 0.29) is 34.6 Å². The molecule has 1 aromatic rings. The van der Waals surface area contributed by atoms with Gasteiger partial charge in [0.05, 0.1) is 11.5 Å². The Kier molecular flexibility index (Phi) is 7.46. The van der Waals surface area contributed by atoms with Crippen LogP contribution in [0, 0.1) is 16.0 Å². The molecular formula is C18H27IN4O2. The molecule has 2 atom stereocenters. The first kappa shape index (κ1) is 19.9. The minimum absolute atomic E-state index is 0. The van der Waals surface area contributed by atoms with E-state index in [1.54, 1.807) is 12.1 Å². The minimum Gasteiger partial charge on any atom is -0.354 e. The Morgan fingerprint density at radius 1 is 1.16 bits per heavy atom. The molecule has 2 unspecified atom stereocenters. The molecule has 0 spiro atoms. The third-order valence-electron chi connectivity index (χ3n) is 4.92. The number of halogens is 1. The second-order valence-corrected chi connectivity index (χ2v) is 7.02. The average molecular weight is 458 g/mol. The van der Waals surface area contributed by atoms with E-state index in [9.17, 15) is 10.1 Å². The van der Waals surface area contributed by atoms with Crippen LogP contribution in [0.1, 0.15) is 51.0 Å². The minimum atomic E-state index is -0.376. The Hall–Kier alpha value is -1.38. The molecule has 138 valence electrons. The Balaban J connectivity index is 0.00000225. The number of hydrogen-bond acceptors (Lipinski definition) is 3. The smallest absolute Gasteiger partial charge is 0.269 e. The average Bonchev–Trinajstić information content (AvgIpc) is 3.39. The lowest BCUT2D eigenvalue weighted by Gasteiger charge is -2.31. The molecule has 25 heavy (non-hydrogen) atoms. The fourth-order valence-corrected chi connectivity index (χ4v) is 3.15. The number of aliphatic imine (C=N–C) groups is 1. The van der Waals surface area contributed by atoms with Crippen molar-refractivity contribution in [3.05, 3.63) is 39.9 Å². The summed E-state index contributed by atoms with van der Waals surface area (Å²) in [6, 6.07) is 7.66. The molecular weight excluding hydrogens is 431 g/mol. The van der Waals surface area contributed by atoms with E-state index >= 15 is 0 Å². The van der Waals surface area contributed by atoms with Crippen molar-refractivity contribution in [3.63, 3.8) is 0 Å². The van der Waals surface area contributed by atoms with Crippen molar-refractivity contribution in [2.75, 3.05) is 0 Å². The molecule has 2 N–H and O–H groups in total. The van der Waals surface area contributed by atoms with Crippen molar-refractivity contribution in [3.8, 4) is 0 Å². The van der Waals surface area contributed by atoms with Gasteiger partial charge in [-0.05, 0) is 37.2 Å². The van der Waals surface area contributed by atoms with E-state index in [0.29, 0.717) is 24.5 Å². The molecule has 0 bridgehead atoms. The first-order chi connectivity index (χ1) is 11.6.